The van der Waals surface area contributed by atoms with Gasteiger partial charge in [-0.3, -0.25) is 4.99 Å². The van der Waals surface area contributed by atoms with Crippen molar-refractivity contribution in [2.45, 2.75) is 31.4 Å². The number of rotatable bonds is 5. The van der Waals surface area contributed by atoms with E-state index >= 15 is 0 Å². The Labute approximate surface area is 148 Å². The molecule has 2 saturated heterocycles. The fraction of sp³-hybridized carbons (Fsp3) is 0.611. The van der Waals surface area contributed by atoms with Gasteiger partial charge in [-0.15, -0.1) is 0 Å². The Kier molecular flexibility index (Phi) is 5.89. The molecule has 2 fully saturated rings. The molecule has 132 valence electrons. The van der Waals surface area contributed by atoms with Crippen molar-refractivity contribution in [3.63, 3.8) is 0 Å². The molecular formula is C18H28N4OS. The average Bonchev–Trinajstić information content (AvgIpc) is 3.24. The Morgan fingerprint density at radius 2 is 2.25 bits per heavy atom. The standard InChI is InChI=1S/C18H28N4OS/c1-2-19-17(20-13-18(23)9-11-24-14-18)21-15-8-10-22(12-15)16-6-4-3-5-7-16/h3-7,15,23H,2,8-14H2,1H3,(H2,19,20,21). The molecule has 2 atom stereocenters. The highest BCUT2D eigenvalue weighted by Gasteiger charge is 2.31. The lowest BCUT2D eigenvalue weighted by molar-refractivity contribution is 0.0778. The van der Waals surface area contributed by atoms with Crippen LogP contribution in [0, 0.1) is 0 Å². The largest absolute Gasteiger partial charge is 0.387 e. The number of para-hydroxylation sites is 1. The van der Waals surface area contributed by atoms with E-state index in [1.54, 1.807) is 0 Å². The monoisotopic (exact) mass is 348 g/mol. The van der Waals surface area contributed by atoms with Crippen LogP contribution < -0.4 is 15.5 Å². The number of hydrogen-bond acceptors (Lipinski definition) is 4. The molecule has 2 unspecified atom stereocenters. The third kappa shape index (κ3) is 4.57. The van der Waals surface area contributed by atoms with Crippen LogP contribution in [0.4, 0.5) is 5.69 Å². The van der Waals surface area contributed by atoms with E-state index in [4.69, 9.17) is 0 Å². The molecule has 0 radical (unpaired) electrons. The quantitative estimate of drug-likeness (QED) is 0.558. The topological polar surface area (TPSA) is 59.9 Å². The zero-order chi connectivity index (χ0) is 16.8. The number of aliphatic imine (C=N–C) groups is 1. The number of thioether (sulfide) groups is 1. The van der Waals surface area contributed by atoms with Crippen molar-refractivity contribution in [1.29, 1.82) is 0 Å². The van der Waals surface area contributed by atoms with Gasteiger partial charge in [0.1, 0.15) is 0 Å². The smallest absolute Gasteiger partial charge is 0.191 e. The van der Waals surface area contributed by atoms with Gasteiger partial charge in [-0.2, -0.15) is 11.8 Å². The van der Waals surface area contributed by atoms with Gasteiger partial charge < -0.3 is 20.6 Å². The van der Waals surface area contributed by atoms with Crippen molar-refractivity contribution in [2.24, 2.45) is 4.99 Å². The first-order valence-corrected chi connectivity index (χ1v) is 9.99. The van der Waals surface area contributed by atoms with E-state index in [9.17, 15) is 5.11 Å². The minimum Gasteiger partial charge on any atom is -0.387 e. The predicted molar refractivity (Wildman–Crippen MR) is 103 cm³/mol. The third-order valence-corrected chi connectivity index (χ3v) is 5.84. The van der Waals surface area contributed by atoms with Crippen LogP contribution in [0.15, 0.2) is 35.3 Å². The van der Waals surface area contributed by atoms with Gasteiger partial charge in [0.25, 0.3) is 0 Å². The zero-order valence-corrected chi connectivity index (χ0v) is 15.2. The van der Waals surface area contributed by atoms with E-state index < -0.39 is 5.60 Å². The lowest BCUT2D eigenvalue weighted by Crippen LogP contribution is -2.45. The van der Waals surface area contributed by atoms with E-state index in [0.717, 1.165) is 49.9 Å². The molecule has 6 heteroatoms. The number of anilines is 1. The molecule has 2 heterocycles. The molecule has 1 aromatic carbocycles. The Bertz CT molecular complexity index is 545. The second kappa shape index (κ2) is 8.12. The molecule has 3 N–H and O–H groups in total. The summed E-state index contributed by atoms with van der Waals surface area (Å²) in [7, 11) is 0. The third-order valence-electron chi connectivity index (χ3n) is 4.61. The summed E-state index contributed by atoms with van der Waals surface area (Å²) in [4.78, 5) is 7.05. The van der Waals surface area contributed by atoms with Gasteiger partial charge in [-0.05, 0) is 37.7 Å². The number of benzene rings is 1. The Morgan fingerprint density at radius 3 is 2.96 bits per heavy atom. The molecule has 5 nitrogen and oxygen atoms in total. The predicted octanol–water partition coefficient (Wildman–Crippen LogP) is 1.69. The molecule has 0 amide bonds. The van der Waals surface area contributed by atoms with Gasteiger partial charge in [0.05, 0.1) is 12.1 Å². The zero-order valence-electron chi connectivity index (χ0n) is 14.4. The molecule has 0 aliphatic carbocycles. The van der Waals surface area contributed by atoms with E-state index in [1.165, 1.54) is 5.69 Å². The van der Waals surface area contributed by atoms with E-state index in [1.807, 2.05) is 11.8 Å². The van der Waals surface area contributed by atoms with Crippen LogP contribution in [0.25, 0.3) is 0 Å². The maximum atomic E-state index is 10.5. The molecule has 0 aromatic heterocycles. The van der Waals surface area contributed by atoms with Crippen LogP contribution in [0.5, 0.6) is 0 Å². The summed E-state index contributed by atoms with van der Waals surface area (Å²) in [6.07, 6.45) is 1.94. The van der Waals surface area contributed by atoms with Crippen LogP contribution >= 0.6 is 11.8 Å². The average molecular weight is 349 g/mol. The Hall–Kier alpha value is -1.40. The fourth-order valence-electron chi connectivity index (χ4n) is 3.21. The first-order valence-electron chi connectivity index (χ1n) is 8.83. The Balaban J connectivity index is 1.56. The van der Waals surface area contributed by atoms with Crippen LogP contribution in [0.2, 0.25) is 0 Å². The molecule has 0 saturated carbocycles. The van der Waals surface area contributed by atoms with Gasteiger partial charge in [0, 0.05) is 37.1 Å². The number of guanidine groups is 1. The number of hydrogen-bond donors (Lipinski definition) is 3. The first-order chi connectivity index (χ1) is 11.7. The first kappa shape index (κ1) is 17.4. The SMILES string of the molecule is CCNC(=NCC1(O)CCSC1)NC1CCN(c2ccccc2)C1. The summed E-state index contributed by atoms with van der Waals surface area (Å²) < 4.78 is 0. The van der Waals surface area contributed by atoms with Gasteiger partial charge in [-0.25, -0.2) is 0 Å². The number of nitrogens with one attached hydrogen (secondary N) is 2. The maximum Gasteiger partial charge on any atom is 0.191 e. The van der Waals surface area contributed by atoms with Crippen LogP contribution in [-0.2, 0) is 0 Å². The van der Waals surface area contributed by atoms with Crippen molar-refractivity contribution >= 4 is 23.4 Å². The molecular weight excluding hydrogens is 320 g/mol. The van der Waals surface area contributed by atoms with Gasteiger partial charge in [0.2, 0.25) is 0 Å². The van der Waals surface area contributed by atoms with Crippen LogP contribution in [-0.4, -0.2) is 60.4 Å². The van der Waals surface area contributed by atoms with Crippen molar-refractivity contribution in [1.82, 2.24) is 10.6 Å². The maximum absolute atomic E-state index is 10.5. The summed E-state index contributed by atoms with van der Waals surface area (Å²) in [5.41, 5.74) is 0.653. The Morgan fingerprint density at radius 1 is 1.42 bits per heavy atom. The second-order valence-corrected chi connectivity index (χ2v) is 7.74. The van der Waals surface area contributed by atoms with Gasteiger partial charge >= 0.3 is 0 Å². The van der Waals surface area contributed by atoms with E-state index in [2.05, 4.69) is 57.8 Å². The molecule has 24 heavy (non-hydrogen) atoms. The molecule has 1 aromatic rings. The van der Waals surface area contributed by atoms with E-state index in [0.29, 0.717) is 12.6 Å². The molecule has 2 aliphatic rings. The second-order valence-electron chi connectivity index (χ2n) is 6.63. The van der Waals surface area contributed by atoms with Crippen molar-refractivity contribution in [2.75, 3.05) is 42.6 Å². The number of aliphatic hydroxyl groups is 1. The van der Waals surface area contributed by atoms with Crippen LogP contribution in [0.1, 0.15) is 19.8 Å². The number of nitrogens with zero attached hydrogens (tertiary/aromatic N) is 2. The van der Waals surface area contributed by atoms with Gasteiger partial charge in [0.15, 0.2) is 5.96 Å². The molecule has 3 rings (SSSR count). The summed E-state index contributed by atoms with van der Waals surface area (Å²) in [5, 5.41) is 17.3. The summed E-state index contributed by atoms with van der Waals surface area (Å²) in [5.74, 6) is 2.65. The normalized spacial score (nSPS) is 27.5. The molecule has 0 bridgehead atoms. The highest BCUT2D eigenvalue weighted by Crippen LogP contribution is 2.27. The van der Waals surface area contributed by atoms with Gasteiger partial charge in [-0.1, -0.05) is 18.2 Å². The van der Waals surface area contributed by atoms with E-state index in [-0.39, 0.29) is 0 Å². The minimum absolute atomic E-state index is 0.385. The summed E-state index contributed by atoms with van der Waals surface area (Å²) in [6, 6.07) is 10.9. The lowest BCUT2D eigenvalue weighted by Gasteiger charge is -2.22. The summed E-state index contributed by atoms with van der Waals surface area (Å²) in [6.45, 7) is 5.41. The minimum atomic E-state index is -0.626. The highest BCUT2D eigenvalue weighted by atomic mass is 32.2. The fourth-order valence-corrected chi connectivity index (χ4v) is 4.50. The van der Waals surface area contributed by atoms with Crippen molar-refractivity contribution < 1.29 is 5.11 Å². The van der Waals surface area contributed by atoms with Crippen molar-refractivity contribution in [3.05, 3.63) is 30.3 Å². The van der Waals surface area contributed by atoms with Crippen molar-refractivity contribution in [3.8, 4) is 0 Å². The lowest BCUT2D eigenvalue weighted by atomic mass is 10.1. The summed E-state index contributed by atoms with van der Waals surface area (Å²) >= 11 is 1.81. The van der Waals surface area contributed by atoms with Crippen LogP contribution in [0.3, 0.4) is 0 Å². The molecule has 2 aliphatic heterocycles. The highest BCUT2D eigenvalue weighted by molar-refractivity contribution is 7.99. The molecule has 0 spiro atoms.